The highest BCUT2D eigenvalue weighted by Gasteiger charge is 2.33. The number of carbonyl (C=O) groups excluding carboxylic acids is 2. The molecule has 10 nitrogen and oxygen atoms in total. The summed E-state index contributed by atoms with van der Waals surface area (Å²) in [7, 11) is 0. The van der Waals surface area contributed by atoms with Crippen molar-refractivity contribution in [2.75, 3.05) is 5.32 Å². The van der Waals surface area contributed by atoms with Crippen molar-refractivity contribution in [3.8, 4) is 0 Å². The van der Waals surface area contributed by atoms with E-state index in [1.165, 1.54) is 0 Å². The molecule has 3 aromatic rings. The van der Waals surface area contributed by atoms with E-state index >= 15 is 0 Å². The molecule has 3 atom stereocenters. The average Bonchev–Trinajstić information content (AvgIpc) is 3.31. The molecule has 220 valence electrons. The molecule has 1 saturated heterocycles. The van der Waals surface area contributed by atoms with Crippen LogP contribution in [0.5, 0.6) is 0 Å². The molecule has 0 radical (unpaired) electrons. The number of unbranched alkanes of at least 4 members (excludes halogenated alkanes) is 3. The van der Waals surface area contributed by atoms with E-state index in [1.807, 2.05) is 48.5 Å². The van der Waals surface area contributed by atoms with Gasteiger partial charge in [-0.05, 0) is 36.1 Å². The number of hydroxylamine groups is 1. The van der Waals surface area contributed by atoms with Crippen LogP contribution in [0.1, 0.15) is 74.0 Å². The lowest BCUT2D eigenvalue weighted by molar-refractivity contribution is -0.252. The highest BCUT2D eigenvalue weighted by molar-refractivity contribution is 6.40. The third-order valence-electron chi connectivity index (χ3n) is 6.90. The quantitative estimate of drug-likeness (QED) is 0.111. The Bertz CT molecular complexity index is 1290. The molecule has 4 N–H and O–H groups in total. The molecule has 2 aromatic carbocycles. The Morgan fingerprint density at radius 3 is 2.20 bits per heavy atom. The molecule has 1 fully saturated rings. The number of aliphatic hydroxyl groups is 1. The summed E-state index contributed by atoms with van der Waals surface area (Å²) < 4.78 is 14.4. The number of imidazole rings is 1. The number of anilines is 1. The number of carbonyl (C=O) groups is 2. The summed E-state index contributed by atoms with van der Waals surface area (Å²) in [5, 5.41) is 21.4. The van der Waals surface area contributed by atoms with Crippen LogP contribution in [0.3, 0.4) is 0 Å². The van der Waals surface area contributed by atoms with E-state index in [4.69, 9.17) is 37.9 Å². The monoisotopic (exact) mass is 604 g/mol. The SMILES string of the molecule is O=C(CCCCCCC(=O)Nc1ccc([C@@H]2O[C@H](Cn3cnc(Cl)c3Cl)C[C@H](c3ccc(CO)cc3)O2)cc1)NO. The van der Waals surface area contributed by atoms with Gasteiger partial charge >= 0.3 is 0 Å². The second-order valence-electron chi connectivity index (χ2n) is 9.95. The van der Waals surface area contributed by atoms with Gasteiger partial charge in [-0.3, -0.25) is 14.8 Å². The Hall–Kier alpha value is -2.99. The number of benzene rings is 2. The molecule has 4 rings (SSSR count). The fourth-order valence-corrected chi connectivity index (χ4v) is 4.96. The third-order valence-corrected chi connectivity index (χ3v) is 7.67. The second kappa shape index (κ2) is 15.3. The van der Waals surface area contributed by atoms with Gasteiger partial charge in [0.05, 0.1) is 31.7 Å². The van der Waals surface area contributed by atoms with Gasteiger partial charge in [0, 0.05) is 30.5 Å². The molecule has 0 aliphatic carbocycles. The summed E-state index contributed by atoms with van der Waals surface area (Å²) >= 11 is 12.3. The van der Waals surface area contributed by atoms with Crippen molar-refractivity contribution in [1.82, 2.24) is 15.0 Å². The highest BCUT2D eigenvalue weighted by Crippen LogP contribution is 2.39. The van der Waals surface area contributed by atoms with E-state index in [2.05, 4.69) is 10.3 Å². The molecule has 2 amide bonds. The smallest absolute Gasteiger partial charge is 0.243 e. The Morgan fingerprint density at radius 1 is 0.927 bits per heavy atom. The van der Waals surface area contributed by atoms with Gasteiger partial charge in [-0.1, -0.05) is 72.4 Å². The zero-order valence-corrected chi connectivity index (χ0v) is 24.0. The minimum absolute atomic E-state index is 0.0333. The fourth-order valence-electron chi connectivity index (χ4n) is 4.65. The van der Waals surface area contributed by atoms with Crippen LogP contribution in [0.4, 0.5) is 5.69 Å². The maximum Gasteiger partial charge on any atom is 0.243 e. The first kappa shape index (κ1) is 31.0. The normalized spacial score (nSPS) is 18.7. The maximum atomic E-state index is 12.4. The molecule has 0 unspecified atom stereocenters. The number of ether oxygens (including phenoxy) is 2. The number of hydrogen-bond donors (Lipinski definition) is 4. The zero-order valence-electron chi connectivity index (χ0n) is 22.5. The fraction of sp³-hybridized carbons (Fsp3) is 0.414. The van der Waals surface area contributed by atoms with E-state index in [9.17, 15) is 14.7 Å². The highest BCUT2D eigenvalue weighted by atomic mass is 35.5. The molecule has 0 bridgehead atoms. The molecule has 12 heteroatoms. The third kappa shape index (κ3) is 9.00. The second-order valence-corrected chi connectivity index (χ2v) is 10.7. The molecular weight excluding hydrogens is 571 g/mol. The first-order valence-corrected chi connectivity index (χ1v) is 14.3. The average molecular weight is 606 g/mol. The summed E-state index contributed by atoms with van der Waals surface area (Å²) in [6, 6.07) is 15.0. The van der Waals surface area contributed by atoms with Crippen molar-refractivity contribution in [3.05, 3.63) is 81.9 Å². The Balaban J connectivity index is 1.36. The lowest BCUT2D eigenvalue weighted by Crippen LogP contribution is -2.32. The van der Waals surface area contributed by atoms with Crippen molar-refractivity contribution in [1.29, 1.82) is 0 Å². The molecule has 0 spiro atoms. The van der Waals surface area contributed by atoms with Crippen LogP contribution >= 0.6 is 23.2 Å². The van der Waals surface area contributed by atoms with Crippen molar-refractivity contribution < 1.29 is 29.4 Å². The number of nitrogens with one attached hydrogen (secondary N) is 2. The van der Waals surface area contributed by atoms with Crippen molar-refractivity contribution in [3.63, 3.8) is 0 Å². The molecule has 1 aliphatic rings. The lowest BCUT2D eigenvalue weighted by Gasteiger charge is -2.36. The van der Waals surface area contributed by atoms with Crippen LogP contribution in [0.25, 0.3) is 0 Å². The topological polar surface area (TPSA) is 135 Å². The first-order valence-electron chi connectivity index (χ1n) is 13.6. The Labute approximate surface area is 248 Å². The number of rotatable bonds is 13. The van der Waals surface area contributed by atoms with Gasteiger partial charge in [-0.2, -0.15) is 0 Å². The van der Waals surface area contributed by atoms with Crippen LogP contribution in [-0.2, 0) is 32.2 Å². The number of aliphatic hydroxyl groups excluding tert-OH is 1. The number of aromatic nitrogens is 2. The number of amides is 2. The van der Waals surface area contributed by atoms with Gasteiger partial charge in [-0.25, -0.2) is 10.5 Å². The van der Waals surface area contributed by atoms with Crippen LogP contribution in [0.2, 0.25) is 10.3 Å². The van der Waals surface area contributed by atoms with Gasteiger partial charge in [0.15, 0.2) is 11.4 Å². The summed E-state index contributed by atoms with van der Waals surface area (Å²) in [6.45, 7) is 0.404. The number of nitrogens with zero attached hydrogens (tertiary/aromatic N) is 2. The van der Waals surface area contributed by atoms with Gasteiger partial charge in [0.2, 0.25) is 11.8 Å². The van der Waals surface area contributed by atoms with Crippen molar-refractivity contribution in [2.45, 2.75) is 76.6 Å². The van der Waals surface area contributed by atoms with E-state index in [0.717, 1.165) is 29.5 Å². The van der Waals surface area contributed by atoms with E-state index in [-0.39, 0.29) is 36.3 Å². The minimum Gasteiger partial charge on any atom is -0.392 e. The first-order chi connectivity index (χ1) is 19.9. The molecular formula is C29H34Cl2N4O6. The van der Waals surface area contributed by atoms with Crippen LogP contribution in [0.15, 0.2) is 54.9 Å². The van der Waals surface area contributed by atoms with Crippen LogP contribution < -0.4 is 10.8 Å². The molecule has 0 saturated carbocycles. The zero-order chi connectivity index (χ0) is 29.2. The van der Waals surface area contributed by atoms with Crippen LogP contribution in [-0.4, -0.2) is 37.8 Å². The van der Waals surface area contributed by atoms with E-state index in [1.54, 1.807) is 16.4 Å². The van der Waals surface area contributed by atoms with Crippen molar-refractivity contribution >= 4 is 40.7 Å². The summed E-state index contributed by atoms with van der Waals surface area (Å²) in [6.07, 6.45) is 4.63. The molecule has 1 aromatic heterocycles. The molecule has 1 aliphatic heterocycles. The Morgan fingerprint density at radius 2 is 1.59 bits per heavy atom. The van der Waals surface area contributed by atoms with Crippen LogP contribution in [0, 0.1) is 0 Å². The molecule has 41 heavy (non-hydrogen) atoms. The summed E-state index contributed by atoms with van der Waals surface area (Å²) in [4.78, 5) is 27.5. The number of halogens is 2. The van der Waals surface area contributed by atoms with Gasteiger partial charge in [-0.15, -0.1) is 0 Å². The number of hydrogen-bond acceptors (Lipinski definition) is 7. The van der Waals surface area contributed by atoms with E-state index < -0.39 is 12.2 Å². The summed E-state index contributed by atoms with van der Waals surface area (Å²) in [5.41, 5.74) is 4.87. The molecule has 2 heterocycles. The predicted octanol–water partition coefficient (Wildman–Crippen LogP) is 5.71. The summed E-state index contributed by atoms with van der Waals surface area (Å²) in [5.74, 6) is -0.483. The predicted molar refractivity (Wildman–Crippen MR) is 153 cm³/mol. The van der Waals surface area contributed by atoms with Gasteiger partial charge in [0.1, 0.15) is 5.15 Å². The van der Waals surface area contributed by atoms with Gasteiger partial charge in [0.25, 0.3) is 0 Å². The maximum absolute atomic E-state index is 12.4. The largest absolute Gasteiger partial charge is 0.392 e. The minimum atomic E-state index is -0.660. The lowest BCUT2D eigenvalue weighted by atomic mass is 10.00. The van der Waals surface area contributed by atoms with E-state index in [0.29, 0.717) is 43.1 Å². The Kier molecular flexibility index (Phi) is 11.6. The standard InChI is InChI=1S/C29H34Cl2N4O6/c30-27-28(31)35(18-32-27)16-23-15-24(20-9-7-19(17-36)8-10-20)41-29(40-23)21-11-13-22(14-12-21)33-25(37)5-3-1-2-4-6-26(38)34-39/h7-14,18,23-24,29,36,39H,1-6,15-17H2,(H,33,37)(H,34,38)/t23-,24+,29+/m0/s1. The van der Waals surface area contributed by atoms with Gasteiger partial charge < -0.3 is 24.5 Å². The van der Waals surface area contributed by atoms with Crippen molar-refractivity contribution in [2.24, 2.45) is 0 Å².